The van der Waals surface area contributed by atoms with Gasteiger partial charge in [-0.15, -0.1) is 0 Å². The van der Waals surface area contributed by atoms with E-state index in [4.69, 9.17) is 0 Å². The minimum atomic E-state index is -0.538. The van der Waals surface area contributed by atoms with Gasteiger partial charge in [-0.1, -0.05) is 13.8 Å². The highest BCUT2D eigenvalue weighted by Gasteiger charge is 2.38. The van der Waals surface area contributed by atoms with Crippen LogP contribution >= 0.6 is 0 Å². The molecular formula is C7H16N2O. The summed E-state index contributed by atoms with van der Waals surface area (Å²) >= 11 is 0. The second-order valence-corrected chi connectivity index (χ2v) is 2.76. The molecule has 10 heavy (non-hydrogen) atoms. The van der Waals surface area contributed by atoms with Gasteiger partial charge in [0.25, 0.3) is 0 Å². The Labute approximate surface area is 62.0 Å². The zero-order chi connectivity index (χ0) is 7.61. The molecule has 0 unspecified atom stereocenters. The molecule has 0 aliphatic carbocycles. The van der Waals surface area contributed by atoms with Crippen molar-refractivity contribution in [3.63, 3.8) is 0 Å². The van der Waals surface area contributed by atoms with E-state index in [1.807, 2.05) is 0 Å². The molecule has 3 heteroatoms. The lowest BCUT2D eigenvalue weighted by atomic mass is 10.1. The molecule has 0 bridgehead atoms. The lowest BCUT2D eigenvalue weighted by Gasteiger charge is -2.45. The first-order valence-corrected chi connectivity index (χ1v) is 3.91. The molecule has 1 aliphatic heterocycles. The zero-order valence-electron chi connectivity index (χ0n) is 6.72. The lowest BCUT2D eigenvalue weighted by Crippen LogP contribution is -2.68. The molecule has 3 nitrogen and oxygen atoms in total. The van der Waals surface area contributed by atoms with Crippen LogP contribution in [0.25, 0.3) is 0 Å². The van der Waals surface area contributed by atoms with E-state index in [0.717, 1.165) is 13.1 Å². The fourth-order valence-electron chi connectivity index (χ4n) is 1.38. The van der Waals surface area contributed by atoms with Crippen molar-refractivity contribution in [1.29, 1.82) is 0 Å². The second-order valence-electron chi connectivity index (χ2n) is 2.76. The number of aliphatic hydroxyl groups is 1. The van der Waals surface area contributed by atoms with E-state index in [0.29, 0.717) is 13.1 Å². The minimum Gasteiger partial charge on any atom is -0.373 e. The molecule has 1 heterocycles. The Bertz CT molecular complexity index is 108. The summed E-state index contributed by atoms with van der Waals surface area (Å²) in [7, 11) is 0. The van der Waals surface area contributed by atoms with Crippen molar-refractivity contribution in [3.05, 3.63) is 0 Å². The summed E-state index contributed by atoms with van der Waals surface area (Å²) in [5.41, 5.74) is -0.538. The predicted molar refractivity (Wildman–Crippen MR) is 40.7 cm³/mol. The van der Waals surface area contributed by atoms with Crippen molar-refractivity contribution in [2.75, 3.05) is 26.2 Å². The van der Waals surface area contributed by atoms with E-state index in [9.17, 15) is 5.11 Å². The SMILES string of the molecule is CCN(CC)C1(O)CNC1. The molecule has 0 saturated carbocycles. The molecule has 0 aromatic carbocycles. The van der Waals surface area contributed by atoms with Crippen LogP contribution in [0.2, 0.25) is 0 Å². The first-order valence-electron chi connectivity index (χ1n) is 3.91. The maximum absolute atomic E-state index is 9.73. The quantitative estimate of drug-likeness (QED) is 0.530. The molecule has 2 N–H and O–H groups in total. The summed E-state index contributed by atoms with van der Waals surface area (Å²) in [6.07, 6.45) is 0. The highest BCUT2D eigenvalue weighted by atomic mass is 16.3. The van der Waals surface area contributed by atoms with Gasteiger partial charge in [0, 0.05) is 13.1 Å². The second kappa shape index (κ2) is 2.86. The summed E-state index contributed by atoms with van der Waals surface area (Å²) < 4.78 is 0. The Hall–Kier alpha value is -0.120. The van der Waals surface area contributed by atoms with Crippen molar-refractivity contribution in [3.8, 4) is 0 Å². The van der Waals surface area contributed by atoms with Crippen molar-refractivity contribution in [1.82, 2.24) is 10.2 Å². The van der Waals surface area contributed by atoms with Crippen molar-refractivity contribution in [2.24, 2.45) is 0 Å². The maximum atomic E-state index is 9.73. The predicted octanol–water partition coefficient (Wildman–Crippen LogP) is -0.380. The van der Waals surface area contributed by atoms with E-state index in [-0.39, 0.29) is 0 Å². The van der Waals surface area contributed by atoms with Gasteiger partial charge in [-0.25, -0.2) is 0 Å². The van der Waals surface area contributed by atoms with Gasteiger partial charge in [0.2, 0.25) is 0 Å². The molecule has 1 rings (SSSR count). The molecule has 0 radical (unpaired) electrons. The molecule has 1 fully saturated rings. The third-order valence-corrected chi connectivity index (χ3v) is 2.17. The Morgan fingerprint density at radius 3 is 2.00 bits per heavy atom. The summed E-state index contributed by atoms with van der Waals surface area (Å²) in [6, 6.07) is 0. The zero-order valence-corrected chi connectivity index (χ0v) is 6.72. The summed E-state index contributed by atoms with van der Waals surface area (Å²) in [4.78, 5) is 2.07. The van der Waals surface area contributed by atoms with Gasteiger partial charge in [0.15, 0.2) is 0 Å². The number of nitrogens with one attached hydrogen (secondary N) is 1. The fraction of sp³-hybridized carbons (Fsp3) is 1.00. The third kappa shape index (κ3) is 1.17. The van der Waals surface area contributed by atoms with Crippen LogP contribution in [0.4, 0.5) is 0 Å². The van der Waals surface area contributed by atoms with Gasteiger partial charge in [0.05, 0.1) is 0 Å². The largest absolute Gasteiger partial charge is 0.373 e. The third-order valence-electron chi connectivity index (χ3n) is 2.17. The van der Waals surface area contributed by atoms with Crippen LogP contribution in [0, 0.1) is 0 Å². The van der Waals surface area contributed by atoms with Gasteiger partial charge in [-0.3, -0.25) is 4.90 Å². The van der Waals surface area contributed by atoms with E-state index < -0.39 is 5.72 Å². The van der Waals surface area contributed by atoms with E-state index in [1.54, 1.807) is 0 Å². The summed E-state index contributed by atoms with van der Waals surface area (Å²) in [6.45, 7) is 7.42. The first-order chi connectivity index (χ1) is 4.73. The topological polar surface area (TPSA) is 35.5 Å². The number of nitrogens with zero attached hydrogens (tertiary/aromatic N) is 1. The summed E-state index contributed by atoms with van der Waals surface area (Å²) in [5, 5.41) is 12.8. The van der Waals surface area contributed by atoms with Crippen LogP contribution < -0.4 is 5.32 Å². The minimum absolute atomic E-state index is 0.538. The number of likely N-dealkylation sites (N-methyl/N-ethyl adjacent to an activating group) is 1. The van der Waals surface area contributed by atoms with Crippen LogP contribution in [0.1, 0.15) is 13.8 Å². The van der Waals surface area contributed by atoms with Gasteiger partial charge in [-0.05, 0) is 13.1 Å². The van der Waals surface area contributed by atoms with Gasteiger partial charge in [-0.2, -0.15) is 0 Å². The Morgan fingerprint density at radius 2 is 1.90 bits per heavy atom. The van der Waals surface area contributed by atoms with Crippen LogP contribution in [0.5, 0.6) is 0 Å². The molecule has 1 saturated heterocycles. The molecule has 0 amide bonds. The van der Waals surface area contributed by atoms with Crippen molar-refractivity contribution >= 4 is 0 Å². The molecule has 0 spiro atoms. The number of β-amino-alcohol motifs (C(OH)–C–C–N with tert-alkyl or cyclic N) is 1. The molecular weight excluding hydrogens is 128 g/mol. The average Bonchev–Trinajstić information content (AvgIpc) is 1.87. The monoisotopic (exact) mass is 144 g/mol. The smallest absolute Gasteiger partial charge is 0.143 e. The Balaban J connectivity index is 2.43. The fourth-order valence-corrected chi connectivity index (χ4v) is 1.38. The standard InChI is InChI=1S/C7H16N2O/c1-3-9(4-2)7(10)5-8-6-7/h8,10H,3-6H2,1-2H3. The molecule has 0 aromatic rings. The molecule has 0 atom stereocenters. The van der Waals surface area contributed by atoms with Crippen LogP contribution in [0.15, 0.2) is 0 Å². The molecule has 0 aromatic heterocycles. The highest BCUT2D eigenvalue weighted by molar-refractivity contribution is 4.91. The van der Waals surface area contributed by atoms with Gasteiger partial charge >= 0.3 is 0 Å². The maximum Gasteiger partial charge on any atom is 0.143 e. The van der Waals surface area contributed by atoms with Crippen LogP contribution in [0.3, 0.4) is 0 Å². The number of hydrogen-bond donors (Lipinski definition) is 2. The van der Waals surface area contributed by atoms with Crippen molar-refractivity contribution < 1.29 is 5.11 Å². The Morgan fingerprint density at radius 1 is 1.40 bits per heavy atom. The first kappa shape index (κ1) is 7.98. The van der Waals surface area contributed by atoms with E-state index in [1.165, 1.54) is 0 Å². The molecule has 1 aliphatic rings. The normalized spacial score (nSPS) is 22.8. The average molecular weight is 144 g/mol. The Kier molecular flexibility index (Phi) is 2.28. The number of hydrogen-bond acceptors (Lipinski definition) is 3. The van der Waals surface area contributed by atoms with Crippen LogP contribution in [-0.4, -0.2) is 41.9 Å². The highest BCUT2D eigenvalue weighted by Crippen LogP contribution is 2.15. The number of rotatable bonds is 3. The summed E-state index contributed by atoms with van der Waals surface area (Å²) in [5.74, 6) is 0. The lowest BCUT2D eigenvalue weighted by molar-refractivity contribution is -0.138. The van der Waals surface area contributed by atoms with E-state index >= 15 is 0 Å². The molecule has 60 valence electrons. The van der Waals surface area contributed by atoms with Gasteiger partial charge in [0.1, 0.15) is 5.72 Å². The van der Waals surface area contributed by atoms with Crippen LogP contribution in [-0.2, 0) is 0 Å². The van der Waals surface area contributed by atoms with Crippen molar-refractivity contribution in [2.45, 2.75) is 19.6 Å². The van der Waals surface area contributed by atoms with Gasteiger partial charge < -0.3 is 10.4 Å². The van der Waals surface area contributed by atoms with E-state index in [2.05, 4.69) is 24.1 Å².